The van der Waals surface area contributed by atoms with Crippen molar-refractivity contribution in [1.82, 2.24) is 14.7 Å². The number of halogens is 1. The van der Waals surface area contributed by atoms with Crippen molar-refractivity contribution in [2.75, 3.05) is 7.11 Å². The highest BCUT2D eigenvalue weighted by Crippen LogP contribution is 2.30. The number of carbonyl (C=O) groups is 1. The van der Waals surface area contributed by atoms with E-state index in [1.807, 2.05) is 60.8 Å². The topological polar surface area (TPSA) is 55.6 Å². The lowest BCUT2D eigenvalue weighted by Gasteiger charge is -2.10. The fourth-order valence-corrected chi connectivity index (χ4v) is 5.01. The van der Waals surface area contributed by atoms with Gasteiger partial charge in [-0.1, -0.05) is 57.6 Å². The van der Waals surface area contributed by atoms with Gasteiger partial charge in [0.1, 0.15) is 5.75 Å². The molecule has 1 N–H and O–H groups in total. The number of hydrogen-bond donors (Lipinski definition) is 1. The number of amides is 1. The van der Waals surface area contributed by atoms with E-state index < -0.39 is 0 Å². The number of imidazole rings is 1. The van der Waals surface area contributed by atoms with Crippen LogP contribution in [0.4, 0.5) is 0 Å². The first kappa shape index (κ1) is 19.8. The van der Waals surface area contributed by atoms with Crippen molar-refractivity contribution in [3.63, 3.8) is 0 Å². The molecule has 0 bridgehead atoms. The zero-order valence-electron chi connectivity index (χ0n) is 16.6. The van der Waals surface area contributed by atoms with Crippen LogP contribution in [-0.2, 0) is 6.54 Å². The Morgan fingerprint density at radius 1 is 1.13 bits per heavy atom. The minimum Gasteiger partial charge on any atom is -0.496 e. The molecule has 0 fully saturated rings. The van der Waals surface area contributed by atoms with Crippen molar-refractivity contribution in [2.45, 2.75) is 6.54 Å². The molecule has 0 spiro atoms. The summed E-state index contributed by atoms with van der Waals surface area (Å²) in [5, 5.41) is 2.98. The standard InChI is InChI=1S/C24H18BrN3O2S/c1-30-21-10-8-18(25)11-17(21)13-26-23(29)16-7-9-20-22(12-16)31-24-27-19(14-28(20)24)15-5-3-2-4-6-15/h2-12,14H,13H2,1H3,(H,26,29). The number of aromatic nitrogens is 2. The summed E-state index contributed by atoms with van der Waals surface area (Å²) in [7, 11) is 1.62. The average Bonchev–Trinajstić information content (AvgIpc) is 3.36. The molecule has 3 aromatic carbocycles. The van der Waals surface area contributed by atoms with Crippen LogP contribution in [0, 0.1) is 0 Å². The largest absolute Gasteiger partial charge is 0.496 e. The van der Waals surface area contributed by atoms with Gasteiger partial charge in [-0.2, -0.15) is 0 Å². The van der Waals surface area contributed by atoms with Gasteiger partial charge in [-0.25, -0.2) is 4.98 Å². The summed E-state index contributed by atoms with van der Waals surface area (Å²) in [6.07, 6.45) is 2.04. The summed E-state index contributed by atoms with van der Waals surface area (Å²) in [5.41, 5.74) is 4.60. The fraction of sp³-hybridized carbons (Fsp3) is 0.0833. The van der Waals surface area contributed by atoms with E-state index in [-0.39, 0.29) is 5.91 Å². The number of ether oxygens (including phenoxy) is 1. The summed E-state index contributed by atoms with van der Waals surface area (Å²) >= 11 is 5.04. The average molecular weight is 492 g/mol. The number of thiazole rings is 1. The van der Waals surface area contributed by atoms with Gasteiger partial charge in [0.25, 0.3) is 5.91 Å². The molecule has 5 aromatic rings. The number of nitrogens with one attached hydrogen (secondary N) is 1. The highest BCUT2D eigenvalue weighted by Gasteiger charge is 2.13. The van der Waals surface area contributed by atoms with Crippen molar-refractivity contribution in [1.29, 1.82) is 0 Å². The molecule has 7 heteroatoms. The molecule has 31 heavy (non-hydrogen) atoms. The number of rotatable bonds is 5. The van der Waals surface area contributed by atoms with E-state index in [1.54, 1.807) is 18.4 Å². The molecular formula is C24H18BrN3O2S. The van der Waals surface area contributed by atoms with Gasteiger partial charge in [0.05, 0.1) is 23.0 Å². The normalized spacial score (nSPS) is 11.2. The van der Waals surface area contributed by atoms with Gasteiger partial charge < -0.3 is 10.1 Å². The third-order valence-electron chi connectivity index (χ3n) is 5.11. The SMILES string of the molecule is COc1ccc(Br)cc1CNC(=O)c1ccc2c(c1)sc1nc(-c3ccccc3)cn12. The van der Waals surface area contributed by atoms with Crippen LogP contribution in [0.3, 0.4) is 0 Å². The molecule has 5 rings (SSSR count). The van der Waals surface area contributed by atoms with Crippen molar-refractivity contribution < 1.29 is 9.53 Å². The predicted molar refractivity (Wildman–Crippen MR) is 128 cm³/mol. The second kappa shape index (κ2) is 8.17. The fourth-order valence-electron chi connectivity index (χ4n) is 3.55. The summed E-state index contributed by atoms with van der Waals surface area (Å²) in [6.45, 7) is 0.383. The Kier molecular flexibility index (Phi) is 5.21. The second-order valence-electron chi connectivity index (χ2n) is 7.07. The molecule has 0 saturated heterocycles. The van der Waals surface area contributed by atoms with Crippen LogP contribution >= 0.6 is 27.3 Å². The van der Waals surface area contributed by atoms with Crippen molar-refractivity contribution in [2.24, 2.45) is 0 Å². The molecule has 154 valence electrons. The minimum atomic E-state index is -0.125. The van der Waals surface area contributed by atoms with Crippen LogP contribution in [0.15, 0.2) is 77.4 Å². The molecule has 0 atom stereocenters. The number of benzene rings is 3. The maximum absolute atomic E-state index is 12.8. The van der Waals surface area contributed by atoms with E-state index in [0.29, 0.717) is 12.1 Å². The monoisotopic (exact) mass is 491 g/mol. The molecule has 2 aromatic heterocycles. The van der Waals surface area contributed by atoms with Crippen molar-refractivity contribution >= 4 is 48.4 Å². The predicted octanol–water partition coefficient (Wildman–Crippen LogP) is 5.92. The molecule has 0 aliphatic rings. The lowest BCUT2D eigenvalue weighted by molar-refractivity contribution is 0.0951. The minimum absolute atomic E-state index is 0.125. The molecule has 0 saturated carbocycles. The zero-order chi connectivity index (χ0) is 21.4. The number of methoxy groups -OCH3 is 1. The van der Waals surface area contributed by atoms with Gasteiger partial charge >= 0.3 is 0 Å². The summed E-state index contributed by atoms with van der Waals surface area (Å²) in [6, 6.07) is 21.6. The summed E-state index contributed by atoms with van der Waals surface area (Å²) in [4.78, 5) is 18.4. The van der Waals surface area contributed by atoms with Gasteiger partial charge in [0.2, 0.25) is 0 Å². The summed E-state index contributed by atoms with van der Waals surface area (Å²) < 4.78 is 9.43. The number of fused-ring (bicyclic) bond motifs is 3. The molecule has 0 unspecified atom stereocenters. The molecule has 0 aliphatic heterocycles. The molecule has 2 heterocycles. The van der Waals surface area contributed by atoms with Gasteiger partial charge in [-0.3, -0.25) is 9.20 Å². The number of hydrogen-bond acceptors (Lipinski definition) is 4. The van der Waals surface area contributed by atoms with Crippen LogP contribution in [0.1, 0.15) is 15.9 Å². The lowest BCUT2D eigenvalue weighted by Crippen LogP contribution is -2.23. The Morgan fingerprint density at radius 3 is 2.77 bits per heavy atom. The first-order valence-electron chi connectivity index (χ1n) is 9.70. The van der Waals surface area contributed by atoms with Crippen molar-refractivity contribution in [3.05, 3.63) is 88.5 Å². The molecule has 5 nitrogen and oxygen atoms in total. The van der Waals surface area contributed by atoms with Gasteiger partial charge in [0.15, 0.2) is 4.96 Å². The van der Waals surface area contributed by atoms with E-state index in [4.69, 9.17) is 9.72 Å². The van der Waals surface area contributed by atoms with Gasteiger partial charge in [0, 0.05) is 33.9 Å². The first-order chi connectivity index (χ1) is 15.1. The van der Waals surface area contributed by atoms with Crippen LogP contribution in [0.5, 0.6) is 5.75 Å². The second-order valence-corrected chi connectivity index (χ2v) is 8.99. The van der Waals surface area contributed by atoms with E-state index >= 15 is 0 Å². The Hall–Kier alpha value is -3.16. The number of nitrogens with zero attached hydrogens (tertiary/aromatic N) is 2. The molecule has 0 radical (unpaired) electrons. The smallest absolute Gasteiger partial charge is 0.251 e. The van der Waals surface area contributed by atoms with E-state index in [0.717, 1.165) is 42.2 Å². The quantitative estimate of drug-likeness (QED) is 0.332. The highest BCUT2D eigenvalue weighted by molar-refractivity contribution is 9.10. The van der Waals surface area contributed by atoms with E-state index in [9.17, 15) is 4.79 Å². The Bertz CT molecular complexity index is 1410. The van der Waals surface area contributed by atoms with Crippen molar-refractivity contribution in [3.8, 4) is 17.0 Å². The van der Waals surface area contributed by atoms with E-state index in [1.165, 1.54) is 0 Å². The first-order valence-corrected chi connectivity index (χ1v) is 11.3. The third-order valence-corrected chi connectivity index (χ3v) is 6.62. The van der Waals surface area contributed by atoms with Gasteiger partial charge in [-0.15, -0.1) is 0 Å². The van der Waals surface area contributed by atoms with Crippen LogP contribution < -0.4 is 10.1 Å². The van der Waals surface area contributed by atoms with E-state index in [2.05, 4.69) is 37.8 Å². The highest BCUT2D eigenvalue weighted by atomic mass is 79.9. The maximum atomic E-state index is 12.8. The lowest BCUT2D eigenvalue weighted by atomic mass is 10.1. The van der Waals surface area contributed by atoms with Crippen LogP contribution in [0.25, 0.3) is 26.4 Å². The maximum Gasteiger partial charge on any atom is 0.251 e. The van der Waals surface area contributed by atoms with Crippen LogP contribution in [-0.4, -0.2) is 22.4 Å². The summed E-state index contributed by atoms with van der Waals surface area (Å²) in [5.74, 6) is 0.618. The zero-order valence-corrected chi connectivity index (χ0v) is 19.0. The van der Waals surface area contributed by atoms with Crippen LogP contribution in [0.2, 0.25) is 0 Å². The molecule has 0 aliphatic carbocycles. The Balaban J connectivity index is 1.39. The third kappa shape index (κ3) is 3.82. The Labute approximate surface area is 191 Å². The molecular weight excluding hydrogens is 474 g/mol. The van der Waals surface area contributed by atoms with Gasteiger partial charge in [-0.05, 0) is 36.4 Å². The number of carbonyl (C=O) groups excluding carboxylic acids is 1. The Morgan fingerprint density at radius 2 is 1.97 bits per heavy atom. The molecule has 1 amide bonds.